The monoisotopic (exact) mass is 555 g/mol. The van der Waals surface area contributed by atoms with Crippen LogP contribution < -0.4 is 10.1 Å². The van der Waals surface area contributed by atoms with Gasteiger partial charge in [0.2, 0.25) is 11.1 Å². The molecule has 2 aliphatic rings. The maximum Gasteiger partial charge on any atom is 0.313 e. The van der Waals surface area contributed by atoms with Gasteiger partial charge in [-0.15, -0.1) is 16.9 Å². The van der Waals surface area contributed by atoms with E-state index in [-0.39, 0.29) is 34.7 Å². The SMILES string of the molecule is CON=C(C(=O)NC1C(=O)N2CC(CSc3nnnn3C)(C(=O)O)CS[C@H]12)c1ccc(OC)c(Cl)c1. The zero-order chi connectivity index (χ0) is 26.0. The van der Waals surface area contributed by atoms with Crippen LogP contribution in [0.4, 0.5) is 0 Å². The summed E-state index contributed by atoms with van der Waals surface area (Å²) in [6.07, 6.45) is 0. The van der Waals surface area contributed by atoms with Crippen molar-refractivity contribution in [2.45, 2.75) is 16.6 Å². The molecule has 0 bridgehead atoms. The van der Waals surface area contributed by atoms with E-state index in [0.717, 1.165) is 0 Å². The Bertz CT molecular complexity index is 1230. The van der Waals surface area contributed by atoms with Gasteiger partial charge < -0.3 is 24.9 Å². The van der Waals surface area contributed by atoms with Crippen molar-refractivity contribution >= 4 is 58.6 Å². The number of halogens is 1. The number of aromatic nitrogens is 4. The fourth-order valence-electron chi connectivity index (χ4n) is 3.79. The lowest BCUT2D eigenvalue weighted by Gasteiger charge is -2.53. The molecule has 2 fully saturated rings. The Morgan fingerprint density at radius 2 is 2.19 bits per heavy atom. The third-order valence-corrected chi connectivity index (χ3v) is 8.95. The maximum absolute atomic E-state index is 13.0. The lowest BCUT2D eigenvalue weighted by atomic mass is 9.89. The second-order valence-corrected chi connectivity index (χ2v) is 10.5. The molecule has 16 heteroatoms. The van der Waals surface area contributed by atoms with E-state index in [2.05, 4.69) is 26.0 Å². The predicted molar refractivity (Wildman–Crippen MR) is 131 cm³/mol. The number of carbonyl (C=O) groups excluding carboxylic acids is 2. The number of nitrogens with one attached hydrogen (secondary N) is 1. The number of amides is 2. The molecule has 0 radical (unpaired) electrons. The molecular formula is C20H22ClN7O6S2. The molecule has 192 valence electrons. The number of methoxy groups -OCH3 is 1. The summed E-state index contributed by atoms with van der Waals surface area (Å²) in [6, 6.07) is 3.86. The molecule has 0 saturated carbocycles. The highest BCUT2D eigenvalue weighted by Gasteiger charge is 2.57. The second kappa shape index (κ2) is 10.5. The lowest BCUT2D eigenvalue weighted by molar-refractivity contribution is -0.157. The largest absolute Gasteiger partial charge is 0.495 e. The predicted octanol–water partition coefficient (Wildman–Crippen LogP) is 0.486. The van der Waals surface area contributed by atoms with Gasteiger partial charge >= 0.3 is 5.97 Å². The number of aliphatic carboxylic acids is 1. The zero-order valence-electron chi connectivity index (χ0n) is 19.4. The molecule has 3 heterocycles. The normalized spacial score (nSPS) is 23.5. The Morgan fingerprint density at radius 3 is 2.81 bits per heavy atom. The molecule has 2 amide bonds. The van der Waals surface area contributed by atoms with Crippen molar-refractivity contribution in [1.29, 1.82) is 0 Å². The van der Waals surface area contributed by atoms with Gasteiger partial charge in [0.05, 0.1) is 12.1 Å². The fraction of sp³-hybridized carbons (Fsp3) is 0.450. The number of thioether (sulfide) groups is 2. The van der Waals surface area contributed by atoms with Gasteiger partial charge in [0, 0.05) is 30.7 Å². The van der Waals surface area contributed by atoms with Crippen molar-refractivity contribution in [3.8, 4) is 5.75 Å². The minimum atomic E-state index is -1.19. The van der Waals surface area contributed by atoms with E-state index in [4.69, 9.17) is 21.2 Å². The number of carbonyl (C=O) groups is 3. The minimum absolute atomic E-state index is 0.0105. The summed E-state index contributed by atoms with van der Waals surface area (Å²) in [5.41, 5.74) is -0.881. The van der Waals surface area contributed by atoms with Crippen LogP contribution in [0.5, 0.6) is 5.75 Å². The molecule has 2 aliphatic heterocycles. The Hall–Kier alpha value is -3.04. The number of β-lactam (4-membered cyclic amide) rings is 1. The van der Waals surface area contributed by atoms with Crippen LogP contribution in [-0.4, -0.2) is 97.4 Å². The van der Waals surface area contributed by atoms with Gasteiger partial charge in [0.15, 0.2) is 5.71 Å². The first-order valence-electron chi connectivity index (χ1n) is 10.5. The van der Waals surface area contributed by atoms with Gasteiger partial charge in [-0.3, -0.25) is 14.4 Å². The molecule has 2 saturated heterocycles. The number of benzene rings is 1. The van der Waals surface area contributed by atoms with E-state index in [0.29, 0.717) is 16.5 Å². The summed E-state index contributed by atoms with van der Waals surface area (Å²) in [4.78, 5) is 44.5. The summed E-state index contributed by atoms with van der Waals surface area (Å²) >= 11 is 8.69. The molecular weight excluding hydrogens is 534 g/mol. The lowest BCUT2D eigenvalue weighted by Crippen LogP contribution is -2.74. The summed E-state index contributed by atoms with van der Waals surface area (Å²) in [7, 11) is 4.43. The first-order chi connectivity index (χ1) is 17.2. The van der Waals surface area contributed by atoms with Crippen molar-refractivity contribution in [1.82, 2.24) is 30.4 Å². The number of fused-ring (bicyclic) bond motifs is 1. The Kier molecular flexibility index (Phi) is 7.61. The highest BCUT2D eigenvalue weighted by atomic mass is 35.5. The molecule has 1 aromatic carbocycles. The topological polar surface area (TPSA) is 161 Å². The second-order valence-electron chi connectivity index (χ2n) is 8.05. The number of tetrazole rings is 1. The summed E-state index contributed by atoms with van der Waals surface area (Å²) in [6.45, 7) is 0.0105. The van der Waals surface area contributed by atoms with Crippen molar-refractivity contribution in [2.24, 2.45) is 17.6 Å². The van der Waals surface area contributed by atoms with Gasteiger partial charge in [0.1, 0.15) is 29.7 Å². The van der Waals surface area contributed by atoms with Gasteiger partial charge in [-0.2, -0.15) is 0 Å². The summed E-state index contributed by atoms with van der Waals surface area (Å²) in [5.74, 6) is -1.16. The number of hydrogen-bond donors (Lipinski definition) is 2. The highest BCUT2D eigenvalue weighted by Crippen LogP contribution is 2.44. The van der Waals surface area contributed by atoms with E-state index >= 15 is 0 Å². The van der Waals surface area contributed by atoms with E-state index in [9.17, 15) is 19.5 Å². The molecule has 2 aromatic rings. The van der Waals surface area contributed by atoms with Crippen LogP contribution in [0.25, 0.3) is 0 Å². The van der Waals surface area contributed by atoms with Gasteiger partial charge in [-0.25, -0.2) is 4.68 Å². The summed E-state index contributed by atoms with van der Waals surface area (Å²) < 4.78 is 6.58. The van der Waals surface area contributed by atoms with E-state index in [1.807, 2.05) is 0 Å². The third kappa shape index (κ3) is 4.82. The molecule has 3 atom stereocenters. The minimum Gasteiger partial charge on any atom is -0.495 e. The van der Waals surface area contributed by atoms with Gasteiger partial charge in [0.25, 0.3) is 5.91 Å². The van der Waals surface area contributed by atoms with E-state index < -0.39 is 28.7 Å². The molecule has 13 nitrogen and oxygen atoms in total. The van der Waals surface area contributed by atoms with Gasteiger partial charge in [-0.05, 0) is 28.6 Å². The highest BCUT2D eigenvalue weighted by molar-refractivity contribution is 8.00. The van der Waals surface area contributed by atoms with Crippen LogP contribution in [-0.2, 0) is 26.3 Å². The first kappa shape index (κ1) is 26.0. The van der Waals surface area contributed by atoms with E-state index in [1.54, 1.807) is 19.2 Å². The molecule has 2 unspecified atom stereocenters. The molecule has 36 heavy (non-hydrogen) atoms. The Labute approximate surface area is 218 Å². The van der Waals surface area contributed by atoms with Crippen molar-refractivity contribution < 1.29 is 29.1 Å². The van der Waals surface area contributed by atoms with Crippen molar-refractivity contribution in [2.75, 3.05) is 32.3 Å². The van der Waals surface area contributed by atoms with E-state index in [1.165, 1.54) is 53.4 Å². The number of carboxylic acids is 1. The average Bonchev–Trinajstić information content (AvgIpc) is 3.28. The fourth-order valence-corrected chi connectivity index (χ4v) is 6.76. The van der Waals surface area contributed by atoms with Crippen LogP contribution in [0.1, 0.15) is 5.56 Å². The van der Waals surface area contributed by atoms with Crippen LogP contribution >= 0.6 is 35.1 Å². The molecule has 1 aromatic heterocycles. The first-order valence-corrected chi connectivity index (χ1v) is 12.9. The number of aryl methyl sites for hydroxylation is 1. The van der Waals surface area contributed by atoms with Crippen LogP contribution in [0.2, 0.25) is 5.02 Å². The standard InChI is InChI=1S/C20H22ClN7O6S2/c1-27-19(23-25-26-27)36-9-20(18(31)32)7-28-16(30)14(17(28)35-8-20)22-15(29)13(24-34-3)10-4-5-12(33-2)11(21)6-10/h4-6,14,17H,7-9H2,1-3H3,(H,22,29)(H,31,32)/t14?,17-,20?/m1/s1. The van der Waals surface area contributed by atoms with Crippen molar-refractivity contribution in [3.05, 3.63) is 28.8 Å². The Balaban J connectivity index is 1.44. The zero-order valence-corrected chi connectivity index (χ0v) is 21.8. The third-order valence-electron chi connectivity index (χ3n) is 5.77. The number of nitrogens with zero attached hydrogens (tertiary/aromatic N) is 6. The van der Waals surface area contributed by atoms with Crippen LogP contribution in [0.15, 0.2) is 28.5 Å². The molecule has 0 aliphatic carbocycles. The number of ether oxygens (including phenoxy) is 1. The van der Waals surface area contributed by atoms with Gasteiger partial charge in [-0.1, -0.05) is 28.5 Å². The maximum atomic E-state index is 13.0. The molecule has 2 N–H and O–H groups in total. The number of rotatable bonds is 9. The molecule has 0 spiro atoms. The van der Waals surface area contributed by atoms with Crippen LogP contribution in [0.3, 0.4) is 0 Å². The number of carboxylic acid groups (broad SMARTS) is 1. The number of hydrogen-bond acceptors (Lipinski definition) is 11. The smallest absolute Gasteiger partial charge is 0.313 e. The van der Waals surface area contributed by atoms with Crippen LogP contribution in [0, 0.1) is 5.41 Å². The Morgan fingerprint density at radius 1 is 1.42 bits per heavy atom. The average molecular weight is 556 g/mol. The van der Waals surface area contributed by atoms with Crippen molar-refractivity contribution in [3.63, 3.8) is 0 Å². The quantitative estimate of drug-likeness (QED) is 0.192. The number of oxime groups is 1. The molecule has 4 rings (SSSR count). The summed E-state index contributed by atoms with van der Waals surface area (Å²) in [5, 5.41) is 28.0.